The van der Waals surface area contributed by atoms with Gasteiger partial charge >= 0.3 is 0 Å². The van der Waals surface area contributed by atoms with Crippen LogP contribution in [0, 0.1) is 5.92 Å². The van der Waals surface area contributed by atoms with Crippen molar-refractivity contribution in [1.82, 2.24) is 4.90 Å². The SMILES string of the molecule is COCCC(N)C(=O)N1CC(C)CCC1C. The van der Waals surface area contributed by atoms with E-state index in [1.165, 1.54) is 6.42 Å². The van der Waals surface area contributed by atoms with Crippen LogP contribution in [0.2, 0.25) is 0 Å². The Hall–Kier alpha value is -0.610. The van der Waals surface area contributed by atoms with Gasteiger partial charge in [-0.3, -0.25) is 4.79 Å². The van der Waals surface area contributed by atoms with Crippen molar-refractivity contribution < 1.29 is 9.53 Å². The highest BCUT2D eigenvalue weighted by Crippen LogP contribution is 2.22. The van der Waals surface area contributed by atoms with Crippen LogP contribution in [-0.4, -0.2) is 43.2 Å². The highest BCUT2D eigenvalue weighted by atomic mass is 16.5. The predicted octanol–water partition coefficient (Wildman–Crippen LogP) is 0.997. The quantitative estimate of drug-likeness (QED) is 0.781. The maximum absolute atomic E-state index is 12.1. The van der Waals surface area contributed by atoms with E-state index < -0.39 is 6.04 Å². The van der Waals surface area contributed by atoms with Crippen molar-refractivity contribution in [3.8, 4) is 0 Å². The van der Waals surface area contributed by atoms with Crippen LogP contribution in [0.5, 0.6) is 0 Å². The van der Waals surface area contributed by atoms with Gasteiger partial charge in [0.25, 0.3) is 0 Å². The Bertz CT molecular complexity index is 233. The lowest BCUT2D eigenvalue weighted by Gasteiger charge is -2.38. The normalized spacial score (nSPS) is 27.9. The van der Waals surface area contributed by atoms with E-state index in [0.29, 0.717) is 25.0 Å². The van der Waals surface area contributed by atoms with Gasteiger partial charge in [-0.15, -0.1) is 0 Å². The first kappa shape index (κ1) is 13.5. The molecule has 3 atom stereocenters. The van der Waals surface area contributed by atoms with Crippen LogP contribution in [0.25, 0.3) is 0 Å². The molecule has 1 fully saturated rings. The Balaban J connectivity index is 2.50. The van der Waals surface area contributed by atoms with Crippen LogP contribution in [0.1, 0.15) is 33.1 Å². The number of carbonyl (C=O) groups is 1. The Morgan fingerprint density at radius 3 is 2.81 bits per heavy atom. The molecule has 1 rings (SSSR count). The molecule has 0 radical (unpaired) electrons. The van der Waals surface area contributed by atoms with Crippen LogP contribution >= 0.6 is 0 Å². The number of nitrogens with two attached hydrogens (primary N) is 1. The Labute approximate surface area is 98.1 Å². The van der Waals surface area contributed by atoms with E-state index in [2.05, 4.69) is 13.8 Å². The molecule has 0 spiro atoms. The second kappa shape index (κ2) is 6.21. The van der Waals surface area contributed by atoms with Crippen LogP contribution in [0.3, 0.4) is 0 Å². The molecule has 94 valence electrons. The highest BCUT2D eigenvalue weighted by Gasteiger charge is 2.29. The lowest BCUT2D eigenvalue weighted by Crippen LogP contribution is -2.51. The minimum absolute atomic E-state index is 0.0797. The van der Waals surface area contributed by atoms with Crippen LogP contribution in [0.4, 0.5) is 0 Å². The summed E-state index contributed by atoms with van der Waals surface area (Å²) < 4.78 is 4.95. The van der Waals surface area contributed by atoms with E-state index in [1.807, 2.05) is 4.90 Å². The van der Waals surface area contributed by atoms with Crippen LogP contribution in [0.15, 0.2) is 0 Å². The molecule has 1 amide bonds. The van der Waals surface area contributed by atoms with Gasteiger partial charge < -0.3 is 15.4 Å². The van der Waals surface area contributed by atoms with E-state index in [4.69, 9.17) is 10.5 Å². The number of methoxy groups -OCH3 is 1. The van der Waals surface area contributed by atoms with E-state index in [9.17, 15) is 4.79 Å². The molecular formula is C12H24N2O2. The van der Waals surface area contributed by atoms with Crippen LogP contribution < -0.4 is 5.73 Å². The van der Waals surface area contributed by atoms with Crippen LogP contribution in [-0.2, 0) is 9.53 Å². The number of piperidine rings is 1. The second-order valence-electron chi connectivity index (χ2n) is 4.91. The number of hydrogen-bond donors (Lipinski definition) is 1. The summed E-state index contributed by atoms with van der Waals surface area (Å²) in [5.74, 6) is 0.672. The minimum atomic E-state index is -0.410. The summed E-state index contributed by atoms with van der Waals surface area (Å²) in [6.07, 6.45) is 2.90. The first-order valence-electron chi connectivity index (χ1n) is 6.11. The summed E-state index contributed by atoms with van der Waals surface area (Å²) in [4.78, 5) is 14.0. The van der Waals surface area contributed by atoms with E-state index in [-0.39, 0.29) is 5.91 Å². The summed E-state index contributed by atoms with van der Waals surface area (Å²) in [7, 11) is 1.63. The van der Waals surface area contributed by atoms with Gasteiger partial charge in [-0.25, -0.2) is 0 Å². The number of nitrogens with zero attached hydrogens (tertiary/aromatic N) is 1. The molecule has 1 aliphatic rings. The summed E-state index contributed by atoms with van der Waals surface area (Å²) in [6.45, 7) is 5.69. The predicted molar refractivity (Wildman–Crippen MR) is 64.0 cm³/mol. The molecule has 4 heteroatoms. The highest BCUT2D eigenvalue weighted by molar-refractivity contribution is 5.82. The van der Waals surface area contributed by atoms with E-state index in [0.717, 1.165) is 13.0 Å². The lowest BCUT2D eigenvalue weighted by atomic mass is 9.94. The number of ether oxygens (including phenoxy) is 1. The number of carbonyl (C=O) groups excluding carboxylic acids is 1. The zero-order valence-corrected chi connectivity index (χ0v) is 10.6. The van der Waals surface area contributed by atoms with Crippen molar-refractivity contribution in [3.05, 3.63) is 0 Å². The third-order valence-electron chi connectivity index (χ3n) is 3.35. The fourth-order valence-corrected chi connectivity index (χ4v) is 2.18. The zero-order chi connectivity index (χ0) is 12.1. The molecular weight excluding hydrogens is 204 g/mol. The standard InChI is InChI=1S/C12H24N2O2/c1-9-4-5-10(2)14(8-9)12(15)11(13)6-7-16-3/h9-11H,4-8,13H2,1-3H3. The lowest BCUT2D eigenvalue weighted by molar-refractivity contribution is -0.137. The van der Waals surface area contributed by atoms with Gasteiger partial charge in [0, 0.05) is 26.3 Å². The summed E-state index contributed by atoms with van der Waals surface area (Å²) in [5, 5.41) is 0. The maximum Gasteiger partial charge on any atom is 0.239 e. The molecule has 16 heavy (non-hydrogen) atoms. The third kappa shape index (κ3) is 3.46. The number of likely N-dealkylation sites (tertiary alicyclic amines) is 1. The van der Waals surface area contributed by atoms with Gasteiger partial charge in [-0.1, -0.05) is 6.92 Å². The average molecular weight is 228 g/mol. The topological polar surface area (TPSA) is 55.6 Å². The van der Waals surface area contributed by atoms with E-state index >= 15 is 0 Å². The van der Waals surface area contributed by atoms with Crippen molar-refractivity contribution in [2.45, 2.75) is 45.2 Å². The fraction of sp³-hybridized carbons (Fsp3) is 0.917. The van der Waals surface area contributed by atoms with Crippen molar-refractivity contribution in [2.75, 3.05) is 20.3 Å². The first-order chi connectivity index (χ1) is 7.56. The summed E-state index contributed by atoms with van der Waals surface area (Å²) in [5.41, 5.74) is 5.87. The van der Waals surface area contributed by atoms with Crippen molar-refractivity contribution in [3.63, 3.8) is 0 Å². The molecule has 0 saturated carbocycles. The average Bonchev–Trinajstić information content (AvgIpc) is 2.28. The largest absolute Gasteiger partial charge is 0.385 e. The third-order valence-corrected chi connectivity index (χ3v) is 3.35. The van der Waals surface area contributed by atoms with Gasteiger partial charge in [0.05, 0.1) is 6.04 Å². The van der Waals surface area contributed by atoms with Gasteiger partial charge in [-0.05, 0) is 32.1 Å². The molecule has 2 N–H and O–H groups in total. The van der Waals surface area contributed by atoms with Crippen molar-refractivity contribution in [1.29, 1.82) is 0 Å². The second-order valence-corrected chi connectivity index (χ2v) is 4.91. The van der Waals surface area contributed by atoms with Crippen molar-refractivity contribution >= 4 is 5.91 Å². The van der Waals surface area contributed by atoms with E-state index in [1.54, 1.807) is 7.11 Å². The molecule has 1 aliphatic heterocycles. The molecule has 3 unspecified atom stereocenters. The Morgan fingerprint density at radius 1 is 1.50 bits per heavy atom. The fourth-order valence-electron chi connectivity index (χ4n) is 2.18. The molecule has 1 heterocycles. The molecule has 0 aromatic heterocycles. The van der Waals surface area contributed by atoms with Crippen molar-refractivity contribution in [2.24, 2.45) is 11.7 Å². The van der Waals surface area contributed by atoms with Gasteiger partial charge in [0.2, 0.25) is 5.91 Å². The minimum Gasteiger partial charge on any atom is -0.385 e. The summed E-state index contributed by atoms with van der Waals surface area (Å²) >= 11 is 0. The zero-order valence-electron chi connectivity index (χ0n) is 10.6. The number of amides is 1. The smallest absolute Gasteiger partial charge is 0.239 e. The summed E-state index contributed by atoms with van der Waals surface area (Å²) in [6, 6.07) is -0.0787. The molecule has 0 bridgehead atoms. The number of hydrogen-bond acceptors (Lipinski definition) is 3. The molecule has 1 saturated heterocycles. The van der Waals surface area contributed by atoms with Gasteiger partial charge in [0.15, 0.2) is 0 Å². The van der Waals surface area contributed by atoms with Gasteiger partial charge in [-0.2, -0.15) is 0 Å². The Morgan fingerprint density at radius 2 is 2.19 bits per heavy atom. The Kier molecular flexibility index (Phi) is 5.22. The number of rotatable bonds is 4. The van der Waals surface area contributed by atoms with Gasteiger partial charge in [0.1, 0.15) is 0 Å². The molecule has 0 aromatic rings. The molecule has 0 aromatic carbocycles. The molecule has 0 aliphatic carbocycles. The molecule has 4 nitrogen and oxygen atoms in total. The first-order valence-corrected chi connectivity index (χ1v) is 6.11. The maximum atomic E-state index is 12.1. The monoisotopic (exact) mass is 228 g/mol.